The Morgan fingerprint density at radius 1 is 1.38 bits per heavy atom. The number of methoxy groups -OCH3 is 1. The second kappa shape index (κ2) is 6.87. The van der Waals surface area contributed by atoms with E-state index in [1.165, 1.54) is 29.8 Å². The van der Waals surface area contributed by atoms with Crippen molar-refractivity contribution in [2.24, 2.45) is 0 Å². The number of esters is 1. The van der Waals surface area contributed by atoms with Gasteiger partial charge >= 0.3 is 5.97 Å². The topological polar surface area (TPSA) is 55.4 Å². The molecule has 2 rings (SSSR count). The monoisotopic (exact) mass is 323 g/mol. The number of hydrogen-bond acceptors (Lipinski definition) is 5. The minimum absolute atomic E-state index is 0.131. The zero-order valence-corrected chi connectivity index (χ0v) is 13.8. The number of nitrogens with one attached hydrogen (secondary N) is 1. The van der Waals surface area contributed by atoms with Crippen molar-refractivity contribution in [3.63, 3.8) is 0 Å². The van der Waals surface area contributed by atoms with Crippen molar-refractivity contribution in [2.45, 2.75) is 26.3 Å². The first kappa shape index (κ1) is 15.7. The van der Waals surface area contributed by atoms with Crippen molar-refractivity contribution in [1.29, 1.82) is 0 Å². The van der Waals surface area contributed by atoms with Crippen LogP contribution in [0.5, 0.6) is 0 Å². The number of carbonyl (C=O) groups is 2. The molecule has 0 aliphatic heterocycles. The van der Waals surface area contributed by atoms with Gasteiger partial charge in [-0.05, 0) is 36.9 Å². The fourth-order valence-electron chi connectivity index (χ4n) is 1.88. The molecule has 2 heterocycles. The zero-order valence-electron chi connectivity index (χ0n) is 12.1. The van der Waals surface area contributed by atoms with E-state index in [1.807, 2.05) is 37.4 Å². The summed E-state index contributed by atoms with van der Waals surface area (Å²) in [4.78, 5) is 26.6. The van der Waals surface area contributed by atoms with Gasteiger partial charge in [0.1, 0.15) is 0 Å². The Hall–Kier alpha value is -1.66. The lowest BCUT2D eigenvalue weighted by atomic mass is 10.1. The minimum Gasteiger partial charge on any atom is -0.469 e. The molecule has 0 saturated carbocycles. The Labute approximate surface area is 131 Å². The van der Waals surface area contributed by atoms with Gasteiger partial charge in [-0.2, -0.15) is 0 Å². The van der Waals surface area contributed by atoms with Gasteiger partial charge < -0.3 is 10.1 Å². The van der Waals surface area contributed by atoms with Crippen LogP contribution >= 0.6 is 22.7 Å². The molecule has 6 heteroatoms. The van der Waals surface area contributed by atoms with E-state index in [2.05, 4.69) is 5.32 Å². The van der Waals surface area contributed by atoms with Gasteiger partial charge in [0.2, 0.25) is 0 Å². The first-order chi connectivity index (χ1) is 10.0. The summed E-state index contributed by atoms with van der Waals surface area (Å²) in [7, 11) is 1.35. The highest BCUT2D eigenvalue weighted by atomic mass is 32.1. The van der Waals surface area contributed by atoms with E-state index in [-0.39, 0.29) is 24.3 Å². The molecule has 0 radical (unpaired) electrons. The number of carbonyl (C=O) groups excluding carboxylic acids is 2. The van der Waals surface area contributed by atoms with Gasteiger partial charge in [-0.25, -0.2) is 0 Å². The maximum atomic E-state index is 12.3. The SMILES string of the molecule is COC(=O)CC(NC(=O)c1cc(C)c(C)s1)c1cccs1. The standard InChI is InChI=1S/C15H17NO3S2/c1-9-7-13(21-10(9)2)15(18)16-11(8-14(17)19-3)12-5-4-6-20-12/h4-7,11H,8H2,1-3H3,(H,16,18). The largest absolute Gasteiger partial charge is 0.469 e. The molecule has 112 valence electrons. The first-order valence-electron chi connectivity index (χ1n) is 6.49. The molecule has 1 atom stereocenters. The third kappa shape index (κ3) is 3.92. The molecule has 0 aromatic carbocycles. The number of rotatable bonds is 5. The predicted molar refractivity (Wildman–Crippen MR) is 85.0 cm³/mol. The summed E-state index contributed by atoms with van der Waals surface area (Å²) in [6.07, 6.45) is 0.131. The molecule has 1 unspecified atom stereocenters. The van der Waals surface area contributed by atoms with E-state index in [1.54, 1.807) is 0 Å². The van der Waals surface area contributed by atoms with Crippen LogP contribution in [-0.2, 0) is 9.53 Å². The highest BCUT2D eigenvalue weighted by Gasteiger charge is 2.21. The average molecular weight is 323 g/mol. The Bertz CT molecular complexity index is 612. The van der Waals surface area contributed by atoms with Gasteiger partial charge in [0.05, 0.1) is 24.4 Å². The first-order valence-corrected chi connectivity index (χ1v) is 8.19. The van der Waals surface area contributed by atoms with E-state index in [0.29, 0.717) is 4.88 Å². The molecular formula is C15H17NO3S2. The fourth-order valence-corrected chi connectivity index (χ4v) is 3.59. The summed E-state index contributed by atoms with van der Waals surface area (Å²) in [6.45, 7) is 3.97. The summed E-state index contributed by atoms with van der Waals surface area (Å²) >= 11 is 2.97. The normalized spacial score (nSPS) is 12.0. The van der Waals surface area contributed by atoms with Gasteiger partial charge in [0.15, 0.2) is 0 Å². The van der Waals surface area contributed by atoms with Crippen molar-refractivity contribution in [1.82, 2.24) is 5.32 Å². The number of hydrogen-bond donors (Lipinski definition) is 1. The number of thiophene rings is 2. The van der Waals surface area contributed by atoms with Crippen LogP contribution < -0.4 is 5.32 Å². The van der Waals surface area contributed by atoms with E-state index in [0.717, 1.165) is 15.3 Å². The fraction of sp³-hybridized carbons (Fsp3) is 0.333. The van der Waals surface area contributed by atoms with Gasteiger partial charge in [0, 0.05) is 9.75 Å². The Balaban J connectivity index is 2.14. The minimum atomic E-state index is -0.354. The summed E-state index contributed by atoms with van der Waals surface area (Å²) < 4.78 is 4.71. The number of amides is 1. The Morgan fingerprint density at radius 3 is 2.67 bits per heavy atom. The molecule has 1 N–H and O–H groups in total. The molecule has 1 amide bonds. The van der Waals surface area contributed by atoms with Crippen LogP contribution in [0, 0.1) is 13.8 Å². The molecule has 0 spiro atoms. The molecule has 0 aliphatic carbocycles. The third-order valence-electron chi connectivity index (χ3n) is 3.18. The predicted octanol–water partition coefficient (Wildman–Crippen LogP) is 3.46. The Kier molecular flexibility index (Phi) is 5.14. The van der Waals surface area contributed by atoms with Crippen LogP contribution in [0.2, 0.25) is 0 Å². The molecule has 2 aromatic rings. The summed E-state index contributed by atoms with van der Waals surface area (Å²) in [5.41, 5.74) is 1.10. The van der Waals surface area contributed by atoms with Crippen LogP contribution in [0.3, 0.4) is 0 Å². The molecule has 0 fully saturated rings. The summed E-state index contributed by atoms with van der Waals surface area (Å²) in [5, 5.41) is 4.84. The third-order valence-corrected chi connectivity index (χ3v) is 5.32. The van der Waals surface area contributed by atoms with Gasteiger partial charge in [0.25, 0.3) is 5.91 Å². The highest BCUT2D eigenvalue weighted by molar-refractivity contribution is 7.14. The molecule has 4 nitrogen and oxygen atoms in total. The average Bonchev–Trinajstić information content (AvgIpc) is 3.09. The summed E-state index contributed by atoms with van der Waals surface area (Å²) in [5.74, 6) is -0.495. The van der Waals surface area contributed by atoms with Gasteiger partial charge in [-0.3, -0.25) is 9.59 Å². The lowest BCUT2D eigenvalue weighted by Gasteiger charge is -2.15. The van der Waals surface area contributed by atoms with E-state index < -0.39 is 0 Å². The maximum absolute atomic E-state index is 12.3. The second-order valence-corrected chi connectivity index (χ2v) is 6.91. The number of ether oxygens (including phenoxy) is 1. The van der Waals surface area contributed by atoms with Crippen molar-refractivity contribution in [3.8, 4) is 0 Å². The van der Waals surface area contributed by atoms with Crippen molar-refractivity contribution >= 4 is 34.6 Å². The van der Waals surface area contributed by atoms with Crippen molar-refractivity contribution < 1.29 is 14.3 Å². The molecule has 21 heavy (non-hydrogen) atoms. The lowest BCUT2D eigenvalue weighted by Crippen LogP contribution is -2.29. The van der Waals surface area contributed by atoms with Crippen molar-refractivity contribution in [2.75, 3.05) is 7.11 Å². The lowest BCUT2D eigenvalue weighted by molar-refractivity contribution is -0.141. The van der Waals surface area contributed by atoms with Crippen LogP contribution in [-0.4, -0.2) is 19.0 Å². The smallest absolute Gasteiger partial charge is 0.307 e. The van der Waals surface area contributed by atoms with E-state index in [9.17, 15) is 9.59 Å². The van der Waals surface area contributed by atoms with Crippen LogP contribution in [0.4, 0.5) is 0 Å². The van der Waals surface area contributed by atoms with Crippen LogP contribution in [0.1, 0.15) is 37.5 Å². The second-order valence-electron chi connectivity index (χ2n) is 4.67. The molecule has 0 saturated heterocycles. The highest BCUT2D eigenvalue weighted by Crippen LogP contribution is 2.25. The summed E-state index contributed by atoms with van der Waals surface area (Å²) in [6, 6.07) is 5.32. The quantitative estimate of drug-likeness (QED) is 0.857. The zero-order chi connectivity index (χ0) is 15.4. The number of aryl methyl sites for hydroxylation is 2. The van der Waals surface area contributed by atoms with Crippen molar-refractivity contribution in [3.05, 3.63) is 43.8 Å². The molecule has 0 aliphatic rings. The Morgan fingerprint density at radius 2 is 2.14 bits per heavy atom. The molecule has 2 aromatic heterocycles. The van der Waals surface area contributed by atoms with Crippen LogP contribution in [0.25, 0.3) is 0 Å². The van der Waals surface area contributed by atoms with Crippen LogP contribution in [0.15, 0.2) is 23.6 Å². The van der Waals surface area contributed by atoms with Gasteiger partial charge in [-0.15, -0.1) is 22.7 Å². The molecule has 0 bridgehead atoms. The van der Waals surface area contributed by atoms with Gasteiger partial charge in [-0.1, -0.05) is 6.07 Å². The van der Waals surface area contributed by atoms with E-state index >= 15 is 0 Å². The van der Waals surface area contributed by atoms with E-state index in [4.69, 9.17) is 4.74 Å². The maximum Gasteiger partial charge on any atom is 0.307 e. The molecular weight excluding hydrogens is 306 g/mol.